The van der Waals surface area contributed by atoms with Gasteiger partial charge in [-0.25, -0.2) is 4.79 Å². The van der Waals surface area contributed by atoms with Crippen LogP contribution in [0.25, 0.3) is 11.3 Å². The van der Waals surface area contributed by atoms with E-state index < -0.39 is 12.1 Å². The zero-order valence-electron chi connectivity index (χ0n) is 17.6. The molecule has 0 unspecified atom stereocenters. The minimum atomic E-state index is -5.08. The molecule has 0 spiro atoms. The van der Waals surface area contributed by atoms with Crippen molar-refractivity contribution in [2.24, 2.45) is 5.92 Å². The molecule has 4 rings (SSSR count). The Labute approximate surface area is 183 Å². The highest BCUT2D eigenvalue weighted by atomic mass is 19.4. The summed E-state index contributed by atoms with van der Waals surface area (Å²) in [5.41, 5.74) is 4.34. The molecule has 3 aromatic rings. The summed E-state index contributed by atoms with van der Waals surface area (Å²) in [7, 11) is 0. The first-order valence-electron chi connectivity index (χ1n) is 10.2. The Bertz CT molecular complexity index is 994. The zero-order valence-corrected chi connectivity index (χ0v) is 17.6. The minimum absolute atomic E-state index is 0.669. The highest BCUT2D eigenvalue weighted by Gasteiger charge is 2.38. The molecule has 1 aromatic carbocycles. The number of aryl methyl sites for hydroxylation is 1. The van der Waals surface area contributed by atoms with Crippen molar-refractivity contribution < 1.29 is 23.1 Å². The van der Waals surface area contributed by atoms with Crippen LogP contribution in [0.15, 0.2) is 42.6 Å². The van der Waals surface area contributed by atoms with E-state index >= 15 is 0 Å². The fourth-order valence-corrected chi connectivity index (χ4v) is 3.51. The van der Waals surface area contributed by atoms with Gasteiger partial charge in [0, 0.05) is 24.3 Å². The van der Waals surface area contributed by atoms with Gasteiger partial charge in [0.15, 0.2) is 0 Å². The molecule has 1 aliphatic heterocycles. The average molecular weight is 450 g/mol. The number of benzene rings is 1. The normalized spacial score (nSPS) is 15.2. The van der Waals surface area contributed by atoms with E-state index in [1.165, 1.54) is 12.8 Å². The zero-order chi connectivity index (χ0) is 23.1. The van der Waals surface area contributed by atoms with Crippen molar-refractivity contribution >= 4 is 5.97 Å². The number of carbonyl (C=O) groups is 1. The Morgan fingerprint density at radius 3 is 2.44 bits per heavy atom. The molecule has 0 amide bonds. The fraction of sp³-hybridized carbons (Fsp3) is 0.429. The van der Waals surface area contributed by atoms with Gasteiger partial charge in [-0.05, 0) is 44.8 Å². The van der Waals surface area contributed by atoms with Crippen molar-refractivity contribution in [3.63, 3.8) is 0 Å². The maximum atomic E-state index is 10.6. The molecule has 2 aromatic heterocycles. The highest BCUT2D eigenvalue weighted by molar-refractivity contribution is 5.73. The largest absolute Gasteiger partial charge is 0.490 e. The van der Waals surface area contributed by atoms with Crippen molar-refractivity contribution in [3.8, 4) is 11.3 Å². The van der Waals surface area contributed by atoms with Crippen LogP contribution in [0.5, 0.6) is 0 Å². The summed E-state index contributed by atoms with van der Waals surface area (Å²) < 4.78 is 33.7. The summed E-state index contributed by atoms with van der Waals surface area (Å²) in [6, 6.07) is 12.4. The maximum Gasteiger partial charge on any atom is 0.490 e. The second-order valence-corrected chi connectivity index (χ2v) is 7.76. The lowest BCUT2D eigenvalue weighted by Crippen LogP contribution is -2.34. The second-order valence-electron chi connectivity index (χ2n) is 7.76. The summed E-state index contributed by atoms with van der Waals surface area (Å²) in [4.78, 5) is 11.4. The van der Waals surface area contributed by atoms with E-state index in [4.69, 9.17) is 9.90 Å². The predicted molar refractivity (Wildman–Crippen MR) is 110 cm³/mol. The van der Waals surface area contributed by atoms with E-state index in [0.717, 1.165) is 48.8 Å². The Hall–Kier alpha value is -3.21. The Morgan fingerprint density at radius 1 is 1.22 bits per heavy atom. The van der Waals surface area contributed by atoms with E-state index in [1.807, 2.05) is 29.8 Å². The Morgan fingerprint density at radius 2 is 1.88 bits per heavy atom. The third kappa shape index (κ3) is 6.91. The van der Waals surface area contributed by atoms with Crippen molar-refractivity contribution in [1.29, 1.82) is 0 Å². The van der Waals surface area contributed by atoms with Crippen LogP contribution in [-0.4, -0.2) is 60.4 Å². The molecule has 11 heteroatoms. The number of nitrogens with zero attached hydrogens (tertiary/aromatic N) is 5. The Kier molecular flexibility index (Phi) is 7.62. The van der Waals surface area contributed by atoms with Gasteiger partial charge in [-0.1, -0.05) is 35.5 Å². The van der Waals surface area contributed by atoms with Crippen molar-refractivity contribution in [1.82, 2.24) is 30.1 Å². The molecule has 172 valence electrons. The number of carboxylic acids is 1. The second kappa shape index (κ2) is 10.4. The molecular weight excluding hydrogens is 425 g/mol. The number of aliphatic carboxylic acids is 1. The van der Waals surface area contributed by atoms with Crippen LogP contribution in [0.3, 0.4) is 0 Å². The number of hydrogen-bond acceptors (Lipinski definition) is 5. The van der Waals surface area contributed by atoms with Gasteiger partial charge in [-0.15, -0.1) is 5.10 Å². The number of hydrogen-bond donors (Lipinski definition) is 2. The van der Waals surface area contributed by atoms with E-state index in [0.29, 0.717) is 5.92 Å². The van der Waals surface area contributed by atoms with Gasteiger partial charge < -0.3 is 5.11 Å². The highest BCUT2D eigenvalue weighted by Crippen LogP contribution is 2.21. The molecule has 2 N–H and O–H groups in total. The molecule has 0 atom stereocenters. The summed E-state index contributed by atoms with van der Waals surface area (Å²) in [6.45, 7) is 6.19. The lowest BCUT2D eigenvalue weighted by atomic mass is 9.97. The molecule has 32 heavy (non-hydrogen) atoms. The summed E-state index contributed by atoms with van der Waals surface area (Å²) in [5.74, 6) is -2.09. The SMILES string of the molecule is Cc1cc(CN2CCC(Cn3cc(-c4ccccc4)nn3)CC2)n[nH]1.O=C(O)C(F)(F)F. The van der Waals surface area contributed by atoms with Crippen molar-refractivity contribution in [2.45, 2.75) is 39.0 Å². The van der Waals surface area contributed by atoms with E-state index in [-0.39, 0.29) is 0 Å². The summed E-state index contributed by atoms with van der Waals surface area (Å²) >= 11 is 0. The van der Waals surface area contributed by atoms with Crippen LogP contribution in [0, 0.1) is 12.8 Å². The number of piperidine rings is 1. The van der Waals surface area contributed by atoms with E-state index in [1.54, 1.807) is 0 Å². The number of rotatable bonds is 5. The lowest BCUT2D eigenvalue weighted by Gasteiger charge is -2.31. The van der Waals surface area contributed by atoms with Crippen LogP contribution in [0.1, 0.15) is 24.2 Å². The molecule has 8 nitrogen and oxygen atoms in total. The van der Waals surface area contributed by atoms with Crippen LogP contribution < -0.4 is 0 Å². The van der Waals surface area contributed by atoms with Gasteiger partial charge in [0.1, 0.15) is 5.69 Å². The minimum Gasteiger partial charge on any atom is -0.475 e. The van der Waals surface area contributed by atoms with E-state index in [9.17, 15) is 13.2 Å². The maximum absolute atomic E-state index is 10.6. The van der Waals surface area contributed by atoms with Crippen LogP contribution >= 0.6 is 0 Å². The van der Waals surface area contributed by atoms with Gasteiger partial charge in [-0.2, -0.15) is 18.3 Å². The fourth-order valence-electron chi connectivity index (χ4n) is 3.51. The van der Waals surface area contributed by atoms with Crippen LogP contribution in [-0.2, 0) is 17.9 Å². The number of aromatic nitrogens is 5. The molecular formula is C21H25F3N6O2. The quantitative estimate of drug-likeness (QED) is 0.617. The topological polar surface area (TPSA) is 99.9 Å². The monoisotopic (exact) mass is 450 g/mol. The summed E-state index contributed by atoms with van der Waals surface area (Å²) in [5, 5.41) is 23.1. The molecule has 0 aliphatic carbocycles. The third-order valence-corrected chi connectivity index (χ3v) is 5.15. The predicted octanol–water partition coefficient (Wildman–Crippen LogP) is 3.52. The van der Waals surface area contributed by atoms with Gasteiger partial charge in [0.05, 0.1) is 11.9 Å². The number of carboxylic acid groups (broad SMARTS) is 1. The molecule has 1 aliphatic rings. The number of aromatic amines is 1. The standard InChI is InChI=1S/C19H24N6.C2HF3O2/c1-15-11-18(21-20-15)13-24-9-7-16(8-10-24)12-25-14-19(22-23-25)17-5-3-2-4-6-17;3-2(4,5)1(6)7/h2-6,11,14,16H,7-10,12-13H2,1H3,(H,20,21);(H,6,7). The van der Waals surface area contributed by atoms with E-state index in [2.05, 4.69) is 49.8 Å². The smallest absolute Gasteiger partial charge is 0.475 e. The first-order chi connectivity index (χ1) is 15.2. The molecule has 1 fully saturated rings. The number of H-pyrrole nitrogens is 1. The van der Waals surface area contributed by atoms with Crippen LogP contribution in [0.2, 0.25) is 0 Å². The number of nitrogens with one attached hydrogen (secondary N) is 1. The Balaban J connectivity index is 0.000000360. The van der Waals surface area contributed by atoms with Gasteiger partial charge in [0.2, 0.25) is 0 Å². The first-order valence-corrected chi connectivity index (χ1v) is 10.2. The lowest BCUT2D eigenvalue weighted by molar-refractivity contribution is -0.192. The van der Waals surface area contributed by atoms with Gasteiger partial charge >= 0.3 is 12.1 Å². The molecule has 0 saturated carbocycles. The molecule has 3 heterocycles. The van der Waals surface area contributed by atoms with Crippen LogP contribution in [0.4, 0.5) is 13.2 Å². The summed E-state index contributed by atoms with van der Waals surface area (Å²) in [6.07, 6.45) is -0.623. The molecule has 0 bridgehead atoms. The number of alkyl halides is 3. The molecule has 0 radical (unpaired) electrons. The van der Waals surface area contributed by atoms with Crippen molar-refractivity contribution in [3.05, 3.63) is 54.0 Å². The first kappa shape index (κ1) is 23.5. The molecule has 1 saturated heterocycles. The number of halogens is 3. The number of likely N-dealkylation sites (tertiary alicyclic amines) is 1. The van der Waals surface area contributed by atoms with Gasteiger partial charge in [0.25, 0.3) is 0 Å². The third-order valence-electron chi connectivity index (χ3n) is 5.15. The van der Waals surface area contributed by atoms with Gasteiger partial charge in [-0.3, -0.25) is 14.7 Å². The average Bonchev–Trinajstić information content (AvgIpc) is 3.39. The van der Waals surface area contributed by atoms with Crippen molar-refractivity contribution in [2.75, 3.05) is 13.1 Å².